The zero-order valence-corrected chi connectivity index (χ0v) is 10.3. The number of benzene rings is 1. The van der Waals surface area contributed by atoms with Gasteiger partial charge in [-0.15, -0.1) is 0 Å². The lowest BCUT2D eigenvalue weighted by Gasteiger charge is -2.05. The Hall–Kier alpha value is -0.340. The van der Waals surface area contributed by atoms with Crippen molar-refractivity contribution in [2.24, 2.45) is 5.92 Å². The summed E-state index contributed by atoms with van der Waals surface area (Å²) in [6.45, 7) is 3.36. The highest BCUT2D eigenvalue weighted by molar-refractivity contribution is 9.10. The Bertz CT molecular complexity index is 335. The monoisotopic (exact) mass is 253 g/mol. The van der Waals surface area contributed by atoms with Crippen molar-refractivity contribution in [1.82, 2.24) is 5.32 Å². The first-order valence-corrected chi connectivity index (χ1v) is 5.92. The van der Waals surface area contributed by atoms with E-state index in [4.69, 9.17) is 0 Å². The van der Waals surface area contributed by atoms with Crippen molar-refractivity contribution in [1.29, 1.82) is 0 Å². The summed E-state index contributed by atoms with van der Waals surface area (Å²) in [5, 5.41) is 3.25. The fraction of sp³-hybridized carbons (Fsp3) is 0.500. The molecule has 14 heavy (non-hydrogen) atoms. The van der Waals surface area contributed by atoms with Gasteiger partial charge in [-0.1, -0.05) is 22.0 Å². The van der Waals surface area contributed by atoms with Crippen LogP contribution in [0.2, 0.25) is 0 Å². The second-order valence-corrected chi connectivity index (χ2v) is 5.08. The minimum atomic E-state index is 0.801. The lowest BCUT2D eigenvalue weighted by molar-refractivity contribution is 0.697. The predicted molar refractivity (Wildman–Crippen MR) is 63.7 cm³/mol. The summed E-state index contributed by atoms with van der Waals surface area (Å²) in [6.07, 6.45) is 1.35. The van der Waals surface area contributed by atoms with Crippen LogP contribution in [0.1, 0.15) is 23.5 Å². The van der Waals surface area contributed by atoms with Crippen LogP contribution < -0.4 is 5.32 Å². The van der Waals surface area contributed by atoms with Gasteiger partial charge < -0.3 is 5.32 Å². The van der Waals surface area contributed by atoms with E-state index >= 15 is 0 Å². The standard InChI is InChI=1S/C12H16BrN/c1-8-5-10(13)3-4-11(8)12-6-9(12)7-14-2/h3-5,9,12,14H,6-7H2,1-2H3. The highest BCUT2D eigenvalue weighted by Gasteiger charge is 2.38. The van der Waals surface area contributed by atoms with Gasteiger partial charge in [-0.3, -0.25) is 0 Å². The summed E-state index contributed by atoms with van der Waals surface area (Å²) < 4.78 is 1.18. The molecule has 0 heterocycles. The lowest BCUT2D eigenvalue weighted by Crippen LogP contribution is -2.10. The lowest BCUT2D eigenvalue weighted by atomic mass is 10.0. The number of hydrogen-bond donors (Lipinski definition) is 1. The minimum Gasteiger partial charge on any atom is -0.319 e. The van der Waals surface area contributed by atoms with E-state index in [2.05, 4.69) is 46.4 Å². The van der Waals surface area contributed by atoms with Gasteiger partial charge in [0.15, 0.2) is 0 Å². The van der Waals surface area contributed by atoms with Crippen molar-refractivity contribution in [3.8, 4) is 0 Å². The van der Waals surface area contributed by atoms with Crippen LogP contribution in [0.4, 0.5) is 0 Å². The van der Waals surface area contributed by atoms with E-state index in [1.165, 1.54) is 22.0 Å². The molecule has 2 atom stereocenters. The molecule has 1 fully saturated rings. The van der Waals surface area contributed by atoms with Crippen molar-refractivity contribution in [2.75, 3.05) is 13.6 Å². The maximum atomic E-state index is 3.50. The minimum absolute atomic E-state index is 0.801. The summed E-state index contributed by atoms with van der Waals surface area (Å²) in [5.41, 5.74) is 2.96. The van der Waals surface area contributed by atoms with Crippen molar-refractivity contribution < 1.29 is 0 Å². The summed E-state index contributed by atoms with van der Waals surface area (Å²) in [6, 6.07) is 6.63. The molecule has 1 saturated carbocycles. The number of hydrogen-bond acceptors (Lipinski definition) is 1. The van der Waals surface area contributed by atoms with E-state index in [1.807, 2.05) is 7.05 Å². The predicted octanol–water partition coefficient (Wildman–Crippen LogP) is 3.08. The van der Waals surface area contributed by atoms with Gasteiger partial charge in [0.2, 0.25) is 0 Å². The first kappa shape index (κ1) is 10.2. The van der Waals surface area contributed by atoms with Gasteiger partial charge in [-0.05, 0) is 62.0 Å². The number of aryl methyl sites for hydroxylation is 1. The second-order valence-electron chi connectivity index (χ2n) is 4.16. The normalized spacial score (nSPS) is 25.1. The molecule has 1 aliphatic rings. The highest BCUT2D eigenvalue weighted by atomic mass is 79.9. The summed E-state index contributed by atoms with van der Waals surface area (Å²) in [4.78, 5) is 0. The summed E-state index contributed by atoms with van der Waals surface area (Å²) in [7, 11) is 2.03. The molecule has 1 aromatic rings. The zero-order chi connectivity index (χ0) is 10.1. The molecule has 2 heteroatoms. The first-order valence-electron chi connectivity index (χ1n) is 5.13. The fourth-order valence-corrected chi connectivity index (χ4v) is 2.65. The van der Waals surface area contributed by atoms with E-state index in [1.54, 1.807) is 0 Å². The molecular weight excluding hydrogens is 238 g/mol. The quantitative estimate of drug-likeness (QED) is 0.874. The van der Waals surface area contributed by atoms with Crippen molar-refractivity contribution in [3.63, 3.8) is 0 Å². The second kappa shape index (κ2) is 4.03. The molecule has 0 amide bonds. The van der Waals surface area contributed by atoms with E-state index in [9.17, 15) is 0 Å². The van der Waals surface area contributed by atoms with Gasteiger partial charge in [0.25, 0.3) is 0 Å². The third-order valence-electron chi connectivity index (χ3n) is 3.02. The van der Waals surface area contributed by atoms with E-state index in [0.29, 0.717) is 0 Å². The maximum absolute atomic E-state index is 3.50. The van der Waals surface area contributed by atoms with E-state index in [0.717, 1.165) is 18.4 Å². The van der Waals surface area contributed by atoms with Gasteiger partial charge in [0.1, 0.15) is 0 Å². The van der Waals surface area contributed by atoms with Crippen LogP contribution in [0.15, 0.2) is 22.7 Å². The van der Waals surface area contributed by atoms with Crippen LogP contribution in [0.3, 0.4) is 0 Å². The molecule has 0 spiro atoms. The smallest absolute Gasteiger partial charge is 0.0178 e. The van der Waals surface area contributed by atoms with E-state index < -0.39 is 0 Å². The molecule has 0 saturated heterocycles. The Morgan fingerprint density at radius 3 is 2.93 bits per heavy atom. The van der Waals surface area contributed by atoms with Crippen LogP contribution >= 0.6 is 15.9 Å². The van der Waals surface area contributed by atoms with Crippen molar-refractivity contribution in [3.05, 3.63) is 33.8 Å². The van der Waals surface area contributed by atoms with Crippen molar-refractivity contribution in [2.45, 2.75) is 19.3 Å². The molecule has 1 aliphatic carbocycles. The van der Waals surface area contributed by atoms with E-state index in [-0.39, 0.29) is 0 Å². The Balaban J connectivity index is 2.11. The van der Waals surface area contributed by atoms with Crippen LogP contribution in [0, 0.1) is 12.8 Å². The Kier molecular flexibility index (Phi) is 2.93. The molecule has 1 nitrogen and oxygen atoms in total. The molecule has 2 unspecified atom stereocenters. The molecule has 0 bridgehead atoms. The van der Waals surface area contributed by atoms with Gasteiger partial charge >= 0.3 is 0 Å². The highest BCUT2D eigenvalue weighted by Crippen LogP contribution is 2.48. The molecule has 0 aliphatic heterocycles. The number of nitrogens with one attached hydrogen (secondary N) is 1. The Morgan fingerprint density at radius 2 is 2.29 bits per heavy atom. The first-order chi connectivity index (χ1) is 6.72. The SMILES string of the molecule is CNCC1CC1c1ccc(Br)cc1C. The zero-order valence-electron chi connectivity index (χ0n) is 8.68. The third kappa shape index (κ3) is 2.01. The number of rotatable bonds is 3. The summed E-state index contributed by atoms with van der Waals surface area (Å²) >= 11 is 3.50. The van der Waals surface area contributed by atoms with Crippen LogP contribution in [0.25, 0.3) is 0 Å². The molecule has 2 rings (SSSR count). The topological polar surface area (TPSA) is 12.0 Å². The average molecular weight is 254 g/mol. The molecule has 1 aromatic carbocycles. The van der Waals surface area contributed by atoms with Crippen LogP contribution in [-0.4, -0.2) is 13.6 Å². The Labute approximate surface area is 94.0 Å². The molecule has 76 valence electrons. The molecule has 0 aromatic heterocycles. The van der Waals surface area contributed by atoms with Crippen LogP contribution in [0.5, 0.6) is 0 Å². The van der Waals surface area contributed by atoms with Crippen molar-refractivity contribution >= 4 is 15.9 Å². The van der Waals surface area contributed by atoms with Gasteiger partial charge in [0.05, 0.1) is 0 Å². The van der Waals surface area contributed by atoms with Crippen LogP contribution in [-0.2, 0) is 0 Å². The van der Waals surface area contributed by atoms with Gasteiger partial charge in [-0.2, -0.15) is 0 Å². The largest absolute Gasteiger partial charge is 0.319 e. The van der Waals surface area contributed by atoms with Gasteiger partial charge in [-0.25, -0.2) is 0 Å². The third-order valence-corrected chi connectivity index (χ3v) is 3.51. The Morgan fingerprint density at radius 1 is 1.50 bits per heavy atom. The fourth-order valence-electron chi connectivity index (χ4n) is 2.17. The molecular formula is C12H16BrN. The summed E-state index contributed by atoms with van der Waals surface area (Å²) in [5.74, 6) is 1.66. The molecule has 1 N–H and O–H groups in total. The average Bonchev–Trinajstić information content (AvgIpc) is 2.84. The molecule has 0 radical (unpaired) electrons. The number of halogens is 1. The van der Waals surface area contributed by atoms with Gasteiger partial charge in [0, 0.05) is 4.47 Å². The maximum Gasteiger partial charge on any atom is 0.0178 e.